The van der Waals surface area contributed by atoms with Crippen molar-refractivity contribution in [3.63, 3.8) is 0 Å². The van der Waals surface area contributed by atoms with Crippen LogP contribution in [-0.2, 0) is 20.9 Å². The number of likely N-dealkylation sites (tertiary alicyclic amines) is 1. The fourth-order valence-electron chi connectivity index (χ4n) is 8.28. The number of amides is 3. The molecule has 4 aromatic rings. The second-order valence-electron chi connectivity index (χ2n) is 15.4. The number of aromatic amines is 1. The van der Waals surface area contributed by atoms with Crippen LogP contribution in [0.5, 0.6) is 0 Å². The van der Waals surface area contributed by atoms with Crippen LogP contribution < -0.4 is 10.6 Å². The Labute approximate surface area is 323 Å². The first-order valence-corrected chi connectivity index (χ1v) is 19.5. The molecule has 0 bridgehead atoms. The highest BCUT2D eigenvalue weighted by Crippen LogP contribution is 2.38. The second-order valence-corrected chi connectivity index (χ2v) is 15.4. The molecule has 0 spiro atoms. The van der Waals surface area contributed by atoms with Crippen molar-refractivity contribution in [3.05, 3.63) is 102 Å². The summed E-state index contributed by atoms with van der Waals surface area (Å²) in [7, 11) is 1.31. The molecule has 1 aliphatic carbocycles. The smallest absolute Gasteiger partial charge is 0.407 e. The van der Waals surface area contributed by atoms with E-state index in [2.05, 4.69) is 75.2 Å². The van der Waals surface area contributed by atoms with Gasteiger partial charge in [0, 0.05) is 55.7 Å². The van der Waals surface area contributed by atoms with Crippen LogP contribution in [-0.4, -0.2) is 69.2 Å². The number of pyridine rings is 1. The lowest BCUT2D eigenvalue weighted by Crippen LogP contribution is -2.53. The molecule has 3 amide bonds. The van der Waals surface area contributed by atoms with E-state index < -0.39 is 12.1 Å². The van der Waals surface area contributed by atoms with Gasteiger partial charge in [0.2, 0.25) is 11.8 Å². The second kappa shape index (κ2) is 16.8. The molecule has 2 aromatic carbocycles. The molecule has 2 fully saturated rings. The average Bonchev–Trinajstić information content (AvgIpc) is 4.01. The number of methoxy groups -OCH3 is 1. The summed E-state index contributed by atoms with van der Waals surface area (Å²) >= 11 is 0. The van der Waals surface area contributed by atoms with Crippen LogP contribution in [0.3, 0.4) is 0 Å². The summed E-state index contributed by atoms with van der Waals surface area (Å²) in [4.78, 5) is 58.1. The highest BCUT2D eigenvalue weighted by Gasteiger charge is 2.38. The molecule has 3 aliphatic rings. The normalized spacial score (nSPS) is 20.2. The van der Waals surface area contributed by atoms with Crippen molar-refractivity contribution in [2.45, 2.75) is 90.3 Å². The average molecular weight is 742 g/mol. The summed E-state index contributed by atoms with van der Waals surface area (Å²) in [6, 6.07) is 18.3. The molecule has 2 aromatic heterocycles. The molecule has 3 N–H and O–H groups in total. The highest BCUT2D eigenvalue weighted by atomic mass is 16.5. The molecule has 11 heteroatoms. The molecule has 286 valence electrons. The van der Waals surface area contributed by atoms with Gasteiger partial charge in [-0.05, 0) is 77.5 Å². The molecule has 4 atom stereocenters. The number of allylic oxidation sites excluding steroid dienone is 1. The number of aliphatic imine (C=N–C) groups is 1. The van der Waals surface area contributed by atoms with Crippen LogP contribution in [0.15, 0.2) is 84.4 Å². The number of hydrogen-bond acceptors (Lipinski definition) is 7. The standard InChI is InChI=1S/C44H51N7O4/c1-27(2)40(50-44(54)55-4)43(53)51-19-7-10-39(51)37-21-34(25-46-37)32-13-11-30(12-14-32)31-15-17-33(18-16-31)38-26-47-41(49-38)35-8-5-6-9-36(35)42(52)48-24-29-20-28(3)22-45-23-29/h11-18,20,22-23,25-27,35-36,39-40H,5-10,19,21,24H2,1-4H3,(H,47,49)(H,48,52)(H,50,54)/t35?,36-,39-,40-/m0/s1. The van der Waals surface area contributed by atoms with Crippen molar-refractivity contribution in [1.29, 1.82) is 0 Å². The van der Waals surface area contributed by atoms with E-state index in [0.29, 0.717) is 19.5 Å². The lowest BCUT2D eigenvalue weighted by molar-refractivity contribution is -0.134. The maximum absolute atomic E-state index is 13.6. The van der Waals surface area contributed by atoms with Crippen LogP contribution in [0.25, 0.3) is 28.0 Å². The van der Waals surface area contributed by atoms with Gasteiger partial charge in [-0.2, -0.15) is 0 Å². The number of carbonyl (C=O) groups excluding carboxylic acids is 3. The predicted molar refractivity (Wildman–Crippen MR) is 214 cm³/mol. The first-order chi connectivity index (χ1) is 26.7. The number of nitrogens with one attached hydrogen (secondary N) is 3. The maximum atomic E-state index is 13.6. The van der Waals surface area contributed by atoms with Gasteiger partial charge in [-0.1, -0.05) is 81.3 Å². The van der Waals surface area contributed by atoms with E-state index in [1.165, 1.54) is 7.11 Å². The number of hydrogen-bond donors (Lipinski definition) is 3. The molecule has 11 nitrogen and oxygen atoms in total. The molecular weight excluding hydrogens is 691 g/mol. The number of rotatable bonds is 11. The van der Waals surface area contributed by atoms with Gasteiger partial charge in [0.1, 0.15) is 11.9 Å². The monoisotopic (exact) mass is 741 g/mol. The summed E-state index contributed by atoms with van der Waals surface area (Å²) < 4.78 is 4.77. The summed E-state index contributed by atoms with van der Waals surface area (Å²) in [5, 5.41) is 5.87. The van der Waals surface area contributed by atoms with Crippen molar-refractivity contribution in [3.8, 4) is 22.4 Å². The topological polar surface area (TPSA) is 142 Å². The molecule has 7 rings (SSSR count). The van der Waals surface area contributed by atoms with E-state index in [0.717, 1.165) is 94.7 Å². The number of imidazole rings is 1. The van der Waals surface area contributed by atoms with Crippen LogP contribution in [0.2, 0.25) is 0 Å². The third-order valence-electron chi connectivity index (χ3n) is 11.3. The zero-order valence-corrected chi connectivity index (χ0v) is 32.2. The van der Waals surface area contributed by atoms with Gasteiger partial charge in [0.25, 0.3) is 0 Å². The summed E-state index contributed by atoms with van der Waals surface area (Å²) in [5.74, 6) is 0.731. The number of ether oxygens (including phenoxy) is 1. The minimum atomic E-state index is -0.649. The zero-order chi connectivity index (χ0) is 38.5. The third-order valence-corrected chi connectivity index (χ3v) is 11.3. The van der Waals surface area contributed by atoms with Gasteiger partial charge >= 0.3 is 6.09 Å². The van der Waals surface area contributed by atoms with Crippen LogP contribution >= 0.6 is 0 Å². The Balaban J connectivity index is 0.957. The lowest BCUT2D eigenvalue weighted by Gasteiger charge is -2.31. The Morgan fingerprint density at radius 3 is 2.33 bits per heavy atom. The largest absolute Gasteiger partial charge is 0.453 e. The zero-order valence-electron chi connectivity index (χ0n) is 32.2. The Morgan fingerprint density at radius 1 is 0.909 bits per heavy atom. The number of aromatic nitrogens is 3. The van der Waals surface area contributed by atoms with Gasteiger partial charge in [0.05, 0.1) is 25.0 Å². The quantitative estimate of drug-likeness (QED) is 0.145. The van der Waals surface area contributed by atoms with Crippen LogP contribution in [0.1, 0.15) is 87.2 Å². The predicted octanol–water partition coefficient (Wildman–Crippen LogP) is 7.59. The highest BCUT2D eigenvalue weighted by molar-refractivity contribution is 6.04. The van der Waals surface area contributed by atoms with E-state index in [1.807, 2.05) is 44.3 Å². The van der Waals surface area contributed by atoms with E-state index >= 15 is 0 Å². The first-order valence-electron chi connectivity index (χ1n) is 19.5. The Morgan fingerprint density at radius 2 is 1.62 bits per heavy atom. The van der Waals surface area contributed by atoms with Gasteiger partial charge < -0.3 is 25.3 Å². The third kappa shape index (κ3) is 8.56. The molecule has 55 heavy (non-hydrogen) atoms. The van der Waals surface area contributed by atoms with Gasteiger partial charge in [-0.3, -0.25) is 19.6 Å². The van der Waals surface area contributed by atoms with Crippen molar-refractivity contribution in [2.24, 2.45) is 16.8 Å². The SMILES string of the molecule is COC(=O)N[C@H](C(=O)N1CCC[C@H]1C1=NC=C(c2ccc(-c3ccc(-c4cnc(C5CCCC[C@@H]5C(=O)NCc5cncc(C)c5)[nH]4)cc3)cc2)C1)C(C)C. The maximum Gasteiger partial charge on any atom is 0.407 e. The van der Waals surface area contributed by atoms with Crippen LogP contribution in [0, 0.1) is 18.8 Å². The van der Waals surface area contributed by atoms with Crippen molar-refractivity contribution < 1.29 is 19.1 Å². The van der Waals surface area contributed by atoms with Crippen molar-refractivity contribution >= 4 is 29.2 Å². The number of alkyl carbamates (subject to hydrolysis) is 1. The molecule has 2 aliphatic heterocycles. The fraction of sp³-hybridized carbons (Fsp3) is 0.409. The number of nitrogens with zero attached hydrogens (tertiary/aromatic N) is 4. The molecule has 1 unspecified atom stereocenters. The molecule has 4 heterocycles. The van der Waals surface area contributed by atoms with Gasteiger partial charge in [-0.25, -0.2) is 9.78 Å². The molecule has 1 saturated carbocycles. The van der Waals surface area contributed by atoms with E-state index in [-0.39, 0.29) is 35.6 Å². The molecule has 1 saturated heterocycles. The summed E-state index contributed by atoms with van der Waals surface area (Å²) in [6.45, 7) is 6.97. The Bertz CT molecular complexity index is 2070. The van der Waals surface area contributed by atoms with Crippen LogP contribution in [0.4, 0.5) is 4.79 Å². The number of benzene rings is 2. The summed E-state index contributed by atoms with van der Waals surface area (Å²) in [5.41, 5.74) is 9.52. The van der Waals surface area contributed by atoms with Gasteiger partial charge in [-0.15, -0.1) is 0 Å². The first kappa shape index (κ1) is 37.7. The van der Waals surface area contributed by atoms with Crippen molar-refractivity contribution in [1.82, 2.24) is 30.5 Å². The number of carbonyl (C=O) groups is 3. The number of H-pyrrole nitrogens is 1. The number of aryl methyl sites for hydroxylation is 1. The Kier molecular flexibility index (Phi) is 11.5. The minimum Gasteiger partial charge on any atom is -0.453 e. The van der Waals surface area contributed by atoms with E-state index in [1.54, 1.807) is 6.20 Å². The van der Waals surface area contributed by atoms with E-state index in [4.69, 9.17) is 14.7 Å². The molecule has 0 radical (unpaired) electrons. The van der Waals surface area contributed by atoms with E-state index in [9.17, 15) is 14.4 Å². The fourth-order valence-corrected chi connectivity index (χ4v) is 8.28. The molecular formula is C44H51N7O4. The van der Waals surface area contributed by atoms with Gasteiger partial charge in [0.15, 0.2) is 0 Å². The lowest BCUT2D eigenvalue weighted by atomic mass is 9.78. The minimum absolute atomic E-state index is 0.0551. The van der Waals surface area contributed by atoms with Crippen molar-refractivity contribution in [2.75, 3.05) is 13.7 Å². The summed E-state index contributed by atoms with van der Waals surface area (Å²) in [6.07, 6.45) is 13.2. The Hall–Kier alpha value is -5.58.